The fraction of sp³-hybridized carbons (Fsp3) is 0.0333. The molecule has 0 aliphatic rings. The normalized spacial score (nSPS) is 11.5. The third-order valence-corrected chi connectivity index (χ3v) is 5.46. The highest BCUT2D eigenvalue weighted by Crippen LogP contribution is 2.26. The van der Waals surface area contributed by atoms with E-state index in [4.69, 9.17) is 0 Å². The zero-order valence-corrected chi connectivity index (χ0v) is 19.8. The summed E-state index contributed by atoms with van der Waals surface area (Å²) in [7, 11) is 0. The van der Waals surface area contributed by atoms with E-state index in [0.717, 1.165) is 33.8 Å². The molecule has 0 bridgehead atoms. The first kappa shape index (κ1) is 22.8. The summed E-state index contributed by atoms with van der Waals surface area (Å²) in [4.78, 5) is 9.35. The minimum Gasteiger partial charge on any atom is -0.276 e. The van der Waals surface area contributed by atoms with E-state index in [2.05, 4.69) is 30.7 Å². The maximum absolute atomic E-state index is 4.68. The average Bonchev–Trinajstić information content (AvgIpc) is 2.95. The summed E-state index contributed by atoms with van der Waals surface area (Å²) in [6.45, 7) is 2.05. The molecule has 6 nitrogen and oxygen atoms in total. The van der Waals surface area contributed by atoms with E-state index in [-0.39, 0.29) is 5.95 Å². The standard InChI is InChI=1S/C30H24N6/c1-22-17-19-26(20-18-22)33-34-29(25-15-9-4-10-16-25)35-36-30-31-27(23-11-5-2-6-12-23)21-28(32-30)24-13-7-3-8-14-24/h2-21,33H,1H3. The summed E-state index contributed by atoms with van der Waals surface area (Å²) in [5.41, 5.74) is 9.44. The van der Waals surface area contributed by atoms with Gasteiger partial charge in [-0.2, -0.15) is 5.10 Å². The Morgan fingerprint density at radius 2 is 1.17 bits per heavy atom. The topological polar surface area (TPSA) is 74.9 Å². The molecule has 0 radical (unpaired) electrons. The summed E-state index contributed by atoms with van der Waals surface area (Å²) < 4.78 is 0. The number of amidine groups is 1. The number of hydrogen-bond acceptors (Lipinski definition) is 5. The summed E-state index contributed by atoms with van der Waals surface area (Å²) in [5.74, 6) is 0.681. The SMILES string of the molecule is Cc1ccc(NN=C(N=Nc2nc(-c3ccccc3)cc(-c3ccccc3)n2)c2ccccc2)cc1. The molecular weight excluding hydrogens is 444 g/mol. The Kier molecular flexibility index (Phi) is 6.95. The van der Waals surface area contributed by atoms with Crippen molar-refractivity contribution in [2.75, 3.05) is 5.43 Å². The van der Waals surface area contributed by atoms with Crippen LogP contribution in [0.4, 0.5) is 11.6 Å². The maximum atomic E-state index is 4.68. The van der Waals surface area contributed by atoms with Crippen LogP contribution in [0.3, 0.4) is 0 Å². The van der Waals surface area contributed by atoms with E-state index >= 15 is 0 Å². The minimum atomic E-state index is 0.258. The Morgan fingerprint density at radius 3 is 1.72 bits per heavy atom. The van der Waals surface area contributed by atoms with Crippen molar-refractivity contribution >= 4 is 17.5 Å². The van der Waals surface area contributed by atoms with E-state index in [1.807, 2.05) is 128 Å². The summed E-state index contributed by atoms with van der Waals surface area (Å²) in [6.07, 6.45) is 0. The molecule has 1 N–H and O–H groups in total. The van der Waals surface area contributed by atoms with Gasteiger partial charge in [0.15, 0.2) is 0 Å². The lowest BCUT2D eigenvalue weighted by Crippen LogP contribution is -2.01. The molecule has 5 rings (SSSR count). The Morgan fingerprint density at radius 1 is 0.639 bits per heavy atom. The molecule has 0 spiro atoms. The lowest BCUT2D eigenvalue weighted by atomic mass is 10.1. The van der Waals surface area contributed by atoms with E-state index < -0.39 is 0 Å². The molecule has 5 aromatic rings. The van der Waals surface area contributed by atoms with Gasteiger partial charge in [-0.15, -0.1) is 10.2 Å². The first-order valence-corrected chi connectivity index (χ1v) is 11.6. The van der Waals surface area contributed by atoms with Crippen LogP contribution < -0.4 is 5.43 Å². The van der Waals surface area contributed by atoms with Crippen LogP contribution in [0.25, 0.3) is 22.5 Å². The Labute approximate surface area is 210 Å². The molecule has 0 fully saturated rings. The molecule has 0 saturated carbocycles. The molecule has 4 aromatic carbocycles. The highest BCUT2D eigenvalue weighted by atomic mass is 15.3. The molecule has 0 unspecified atom stereocenters. The van der Waals surface area contributed by atoms with Crippen molar-refractivity contribution in [2.45, 2.75) is 6.92 Å². The van der Waals surface area contributed by atoms with Crippen LogP contribution in [0, 0.1) is 6.92 Å². The number of nitrogens with one attached hydrogen (secondary N) is 1. The highest BCUT2D eigenvalue weighted by molar-refractivity contribution is 5.99. The predicted molar refractivity (Wildman–Crippen MR) is 145 cm³/mol. The van der Waals surface area contributed by atoms with Crippen LogP contribution in [0.5, 0.6) is 0 Å². The third kappa shape index (κ3) is 5.74. The van der Waals surface area contributed by atoms with Gasteiger partial charge in [-0.25, -0.2) is 9.97 Å². The molecule has 6 heteroatoms. The second kappa shape index (κ2) is 11.0. The van der Waals surface area contributed by atoms with Crippen molar-refractivity contribution < 1.29 is 0 Å². The van der Waals surface area contributed by atoms with Gasteiger partial charge in [-0.3, -0.25) is 5.43 Å². The fourth-order valence-electron chi connectivity index (χ4n) is 3.56. The van der Waals surface area contributed by atoms with Crippen LogP contribution in [0.1, 0.15) is 11.1 Å². The van der Waals surface area contributed by atoms with E-state index in [1.165, 1.54) is 5.56 Å². The van der Waals surface area contributed by atoms with E-state index in [1.54, 1.807) is 0 Å². The molecule has 1 aromatic heterocycles. The molecule has 0 aliphatic carbocycles. The zero-order valence-electron chi connectivity index (χ0n) is 19.8. The number of hydrazone groups is 1. The smallest absolute Gasteiger partial charge is 0.270 e. The summed E-state index contributed by atoms with van der Waals surface area (Å²) in [6, 6.07) is 39.6. The molecule has 174 valence electrons. The van der Waals surface area contributed by atoms with Crippen molar-refractivity contribution in [3.05, 3.63) is 132 Å². The van der Waals surface area contributed by atoms with Crippen LogP contribution in [-0.2, 0) is 0 Å². The van der Waals surface area contributed by atoms with E-state index in [0.29, 0.717) is 5.84 Å². The van der Waals surface area contributed by atoms with Gasteiger partial charge in [0.05, 0.1) is 17.1 Å². The predicted octanol–water partition coefficient (Wildman–Crippen LogP) is 7.68. The Bertz CT molecular complexity index is 1420. The average molecular weight is 469 g/mol. The minimum absolute atomic E-state index is 0.258. The number of hydrogen-bond donors (Lipinski definition) is 1. The molecule has 0 aliphatic heterocycles. The van der Waals surface area contributed by atoms with Crippen LogP contribution >= 0.6 is 0 Å². The third-order valence-electron chi connectivity index (χ3n) is 5.46. The first-order valence-electron chi connectivity index (χ1n) is 11.6. The largest absolute Gasteiger partial charge is 0.276 e. The highest BCUT2D eigenvalue weighted by Gasteiger charge is 2.09. The first-order chi connectivity index (χ1) is 17.7. The van der Waals surface area contributed by atoms with E-state index in [9.17, 15) is 0 Å². The zero-order chi connectivity index (χ0) is 24.6. The number of rotatable bonds is 6. The fourth-order valence-corrected chi connectivity index (χ4v) is 3.56. The Balaban J connectivity index is 1.53. The number of aryl methyl sites for hydroxylation is 1. The molecule has 0 saturated heterocycles. The van der Waals surface area contributed by atoms with Crippen LogP contribution in [0.2, 0.25) is 0 Å². The van der Waals surface area contributed by atoms with Crippen molar-refractivity contribution in [3.63, 3.8) is 0 Å². The maximum Gasteiger partial charge on any atom is 0.270 e. The van der Waals surface area contributed by atoms with Gasteiger partial charge in [0.1, 0.15) is 0 Å². The second-order valence-electron chi connectivity index (χ2n) is 8.15. The van der Waals surface area contributed by atoms with Gasteiger partial charge < -0.3 is 0 Å². The monoisotopic (exact) mass is 468 g/mol. The summed E-state index contributed by atoms with van der Waals surface area (Å²) in [5, 5.41) is 13.4. The number of anilines is 1. The lowest BCUT2D eigenvalue weighted by Gasteiger charge is -2.07. The van der Waals surface area contributed by atoms with Gasteiger partial charge >= 0.3 is 0 Å². The van der Waals surface area contributed by atoms with Crippen molar-refractivity contribution in [1.82, 2.24) is 9.97 Å². The number of azo groups is 1. The van der Waals surface area contributed by atoms with Gasteiger partial charge in [-0.1, -0.05) is 109 Å². The lowest BCUT2D eigenvalue weighted by molar-refractivity contribution is 1.08. The quantitative estimate of drug-likeness (QED) is 0.120. The van der Waals surface area contributed by atoms with Gasteiger partial charge in [0.25, 0.3) is 5.95 Å². The van der Waals surface area contributed by atoms with Gasteiger partial charge in [-0.05, 0) is 25.1 Å². The Hall–Kier alpha value is -4.97. The summed E-state index contributed by atoms with van der Waals surface area (Å²) >= 11 is 0. The number of benzene rings is 4. The van der Waals surface area contributed by atoms with Crippen molar-refractivity contribution in [2.24, 2.45) is 15.3 Å². The molecule has 0 atom stereocenters. The van der Waals surface area contributed by atoms with Crippen LogP contribution in [0.15, 0.2) is 137 Å². The molecule has 1 heterocycles. The molecular formula is C30H24N6. The second-order valence-corrected chi connectivity index (χ2v) is 8.15. The number of aromatic nitrogens is 2. The number of nitrogens with zero attached hydrogens (tertiary/aromatic N) is 5. The van der Waals surface area contributed by atoms with Crippen molar-refractivity contribution in [1.29, 1.82) is 0 Å². The van der Waals surface area contributed by atoms with Crippen molar-refractivity contribution in [3.8, 4) is 22.5 Å². The van der Waals surface area contributed by atoms with Gasteiger partial charge in [0.2, 0.25) is 5.84 Å². The van der Waals surface area contributed by atoms with Gasteiger partial charge in [0, 0.05) is 16.7 Å². The molecule has 36 heavy (non-hydrogen) atoms. The molecule has 0 amide bonds. The van der Waals surface area contributed by atoms with Crippen LogP contribution in [-0.4, -0.2) is 15.8 Å².